The van der Waals surface area contributed by atoms with Crippen molar-refractivity contribution in [3.05, 3.63) is 0 Å². The zero-order valence-corrected chi connectivity index (χ0v) is 18.8. The highest BCUT2D eigenvalue weighted by atomic mass is 32.2. The Morgan fingerprint density at radius 3 is 1.39 bits per heavy atom. The third-order valence-corrected chi connectivity index (χ3v) is 10.6. The van der Waals surface area contributed by atoms with Crippen LogP contribution < -0.4 is 0 Å². The fourth-order valence-electron chi connectivity index (χ4n) is 2.52. The van der Waals surface area contributed by atoms with E-state index in [4.69, 9.17) is 18.1 Å². The largest absolute Gasteiger partial charge is 0.331 e. The van der Waals surface area contributed by atoms with E-state index in [1.165, 1.54) is 0 Å². The van der Waals surface area contributed by atoms with Crippen LogP contribution in [0.2, 0.25) is 0 Å². The highest BCUT2D eigenvalue weighted by molar-refractivity contribution is 7.87. The Morgan fingerprint density at radius 1 is 0.786 bits per heavy atom. The van der Waals surface area contributed by atoms with Crippen LogP contribution in [0.15, 0.2) is 0 Å². The van der Waals surface area contributed by atoms with Gasteiger partial charge in [0.2, 0.25) is 0 Å². The first-order chi connectivity index (χ1) is 12.9. The predicted octanol–water partition coefficient (Wildman–Crippen LogP) is 0.936. The molecule has 0 radical (unpaired) electrons. The van der Waals surface area contributed by atoms with Gasteiger partial charge in [0, 0.05) is 0 Å². The first-order valence-electron chi connectivity index (χ1n) is 8.48. The van der Waals surface area contributed by atoms with Crippen LogP contribution in [0.3, 0.4) is 0 Å². The molecule has 2 fully saturated rings. The van der Waals surface area contributed by atoms with Gasteiger partial charge in [0.15, 0.2) is 0 Å². The highest BCUT2D eigenvalue weighted by Crippen LogP contribution is 2.57. The summed E-state index contributed by atoms with van der Waals surface area (Å²) in [6.45, 7) is 2.55. The van der Waals surface area contributed by atoms with Crippen molar-refractivity contribution in [3.8, 4) is 0 Å². The van der Waals surface area contributed by atoms with E-state index in [1.807, 2.05) is 0 Å². The minimum atomic E-state index is -3.84. The van der Waals surface area contributed by atoms with Crippen LogP contribution in [0.25, 0.3) is 0 Å². The Kier molecular flexibility index (Phi) is 8.28. The Bertz CT molecular complexity index is 769. The lowest BCUT2D eigenvalue weighted by Crippen LogP contribution is -2.20. The van der Waals surface area contributed by atoms with Crippen molar-refractivity contribution >= 4 is 35.4 Å². The molecule has 0 amide bonds. The summed E-state index contributed by atoms with van der Waals surface area (Å²) in [6, 6.07) is 0. The van der Waals surface area contributed by atoms with Crippen LogP contribution in [0.1, 0.15) is 13.8 Å². The van der Waals surface area contributed by atoms with Crippen LogP contribution in [-0.2, 0) is 55.8 Å². The smallest absolute Gasteiger partial charge is 0.309 e. The van der Waals surface area contributed by atoms with E-state index in [9.17, 15) is 26.0 Å². The summed E-state index contributed by atoms with van der Waals surface area (Å²) in [4.78, 5) is 0. The van der Waals surface area contributed by atoms with Crippen molar-refractivity contribution in [1.82, 2.24) is 0 Å². The van der Waals surface area contributed by atoms with Gasteiger partial charge in [-0.05, 0) is 13.8 Å². The Balaban J connectivity index is 2.03. The monoisotopic (exact) mass is 486 g/mol. The first-order valence-corrected chi connectivity index (χ1v) is 15.1. The minimum Gasteiger partial charge on any atom is -0.309 e. The topological polar surface area (TPSA) is 158 Å². The Hall–Kier alpha value is 0.120. The van der Waals surface area contributed by atoms with Crippen molar-refractivity contribution in [3.63, 3.8) is 0 Å². The molecule has 0 aromatic heterocycles. The molecule has 2 rings (SSSR count). The second kappa shape index (κ2) is 9.51. The van der Waals surface area contributed by atoms with Crippen LogP contribution in [0.4, 0.5) is 0 Å². The van der Waals surface area contributed by atoms with Crippen molar-refractivity contribution in [2.75, 3.05) is 50.3 Å². The van der Waals surface area contributed by atoms with Crippen molar-refractivity contribution in [1.29, 1.82) is 0 Å². The summed E-state index contributed by atoms with van der Waals surface area (Å²) in [5.74, 6) is -0.943. The van der Waals surface area contributed by atoms with E-state index in [2.05, 4.69) is 8.37 Å². The van der Waals surface area contributed by atoms with E-state index in [-0.39, 0.29) is 38.8 Å². The van der Waals surface area contributed by atoms with E-state index in [0.29, 0.717) is 0 Å². The fraction of sp³-hybridized carbons (Fsp3) is 1.00. The van der Waals surface area contributed by atoms with E-state index < -0.39 is 59.1 Å². The van der Waals surface area contributed by atoms with E-state index in [1.54, 1.807) is 13.8 Å². The standard InChI is InChI=1S/C12H24O12P2S2/c1-3-19-25(13,23-11-7-21-27(15,16)9-11)5-6-26(14,20-4-2)24-12-8-22-28(17,18)10-12/h11-12H,3-10H2,1-2H3. The quantitative estimate of drug-likeness (QED) is 0.301. The molecule has 2 saturated heterocycles. The van der Waals surface area contributed by atoms with Gasteiger partial charge in [-0.2, -0.15) is 16.8 Å². The average Bonchev–Trinajstić information content (AvgIpc) is 3.07. The summed E-state index contributed by atoms with van der Waals surface area (Å²) in [5, 5.41) is 0. The molecule has 2 aliphatic rings. The first kappa shape index (κ1) is 24.4. The van der Waals surface area contributed by atoms with Gasteiger partial charge < -0.3 is 18.1 Å². The normalized spacial score (nSPS) is 30.6. The second-order valence-corrected chi connectivity index (χ2v) is 13.6. The lowest BCUT2D eigenvalue weighted by molar-refractivity contribution is 0.134. The maximum Gasteiger partial charge on any atom is 0.331 e. The summed E-state index contributed by atoms with van der Waals surface area (Å²) >= 11 is 0. The minimum absolute atomic E-state index is 0.00606. The molecule has 16 heteroatoms. The maximum atomic E-state index is 12.9. The van der Waals surface area contributed by atoms with Gasteiger partial charge in [-0.15, -0.1) is 0 Å². The van der Waals surface area contributed by atoms with Crippen molar-refractivity contribution in [2.24, 2.45) is 0 Å². The summed E-state index contributed by atoms with van der Waals surface area (Å²) < 4.78 is 101. The molecule has 0 aliphatic carbocycles. The van der Waals surface area contributed by atoms with Crippen molar-refractivity contribution < 1.29 is 52.4 Å². The van der Waals surface area contributed by atoms with E-state index in [0.717, 1.165) is 0 Å². The SMILES string of the molecule is CCOP(=O)(CCP(=O)(OCC)OC1COS(=O)(=O)C1)OC1COS(=O)(=O)C1. The molecule has 0 saturated carbocycles. The highest BCUT2D eigenvalue weighted by Gasteiger charge is 2.41. The molecule has 0 spiro atoms. The molecule has 28 heavy (non-hydrogen) atoms. The lowest BCUT2D eigenvalue weighted by atomic mass is 10.5. The average molecular weight is 486 g/mol. The Labute approximate surface area is 164 Å². The summed E-state index contributed by atoms with van der Waals surface area (Å²) in [5.41, 5.74) is 0. The van der Waals surface area contributed by atoms with Gasteiger partial charge in [0.1, 0.15) is 23.7 Å². The van der Waals surface area contributed by atoms with E-state index >= 15 is 0 Å². The van der Waals surface area contributed by atoms with Crippen LogP contribution in [0.5, 0.6) is 0 Å². The molecule has 2 heterocycles. The molecule has 4 unspecified atom stereocenters. The van der Waals surface area contributed by atoms with Crippen LogP contribution in [0, 0.1) is 0 Å². The fourth-order valence-corrected chi connectivity index (χ4v) is 9.38. The van der Waals surface area contributed by atoms with Gasteiger partial charge in [-0.1, -0.05) is 0 Å². The van der Waals surface area contributed by atoms with Gasteiger partial charge in [0.25, 0.3) is 20.2 Å². The molecule has 0 aromatic rings. The van der Waals surface area contributed by atoms with Crippen molar-refractivity contribution in [2.45, 2.75) is 26.1 Å². The Morgan fingerprint density at radius 2 is 1.14 bits per heavy atom. The van der Waals surface area contributed by atoms with Gasteiger partial charge in [-0.25, -0.2) is 0 Å². The molecule has 12 nitrogen and oxygen atoms in total. The molecule has 0 bridgehead atoms. The van der Waals surface area contributed by atoms with Gasteiger partial charge >= 0.3 is 15.2 Å². The third kappa shape index (κ3) is 7.42. The predicted molar refractivity (Wildman–Crippen MR) is 97.4 cm³/mol. The molecule has 166 valence electrons. The second-order valence-electron chi connectivity index (χ2n) is 5.98. The zero-order chi connectivity index (χ0) is 21.1. The molecule has 0 N–H and O–H groups in total. The number of rotatable bonds is 11. The number of hydrogen-bond donors (Lipinski definition) is 0. The maximum absolute atomic E-state index is 12.9. The zero-order valence-electron chi connectivity index (χ0n) is 15.4. The third-order valence-electron chi connectivity index (χ3n) is 3.57. The van der Waals surface area contributed by atoms with Crippen LogP contribution >= 0.6 is 15.2 Å². The molecule has 2 aliphatic heterocycles. The molecule has 4 atom stereocenters. The van der Waals surface area contributed by atoms with Gasteiger partial charge in [0.05, 0.1) is 38.8 Å². The number of hydrogen-bond acceptors (Lipinski definition) is 12. The van der Waals surface area contributed by atoms with Gasteiger partial charge in [-0.3, -0.25) is 17.5 Å². The summed E-state index contributed by atoms with van der Waals surface area (Å²) in [6.07, 6.45) is -2.73. The van der Waals surface area contributed by atoms with Crippen LogP contribution in [-0.4, -0.2) is 79.3 Å². The lowest BCUT2D eigenvalue weighted by Gasteiger charge is -2.24. The molecular weight excluding hydrogens is 462 g/mol. The summed E-state index contributed by atoms with van der Waals surface area (Å²) in [7, 11) is -15.2. The molecular formula is C12H24O12P2S2. The molecule has 0 aromatic carbocycles.